The molecule has 2 aromatic carbocycles. The smallest absolute Gasteiger partial charge is 0.247 e. The van der Waals surface area contributed by atoms with Crippen molar-refractivity contribution < 1.29 is 9.59 Å². The summed E-state index contributed by atoms with van der Waals surface area (Å²) in [6, 6.07) is 16.8. The fourth-order valence-electron chi connectivity index (χ4n) is 4.07. The molecule has 3 aromatic rings. The fourth-order valence-corrected chi connectivity index (χ4v) is 4.07. The first-order valence-electron chi connectivity index (χ1n) is 10.3. The van der Waals surface area contributed by atoms with Gasteiger partial charge in [-0.3, -0.25) is 14.6 Å². The highest BCUT2D eigenvalue weighted by molar-refractivity contribution is 6.00. The van der Waals surface area contributed by atoms with E-state index in [0.717, 1.165) is 28.6 Å². The van der Waals surface area contributed by atoms with Crippen molar-refractivity contribution in [3.63, 3.8) is 0 Å². The average molecular weight is 402 g/mol. The van der Waals surface area contributed by atoms with Gasteiger partial charge in [-0.25, -0.2) is 0 Å². The van der Waals surface area contributed by atoms with E-state index in [-0.39, 0.29) is 11.8 Å². The molecular weight excluding hydrogens is 376 g/mol. The van der Waals surface area contributed by atoms with Crippen LogP contribution in [0.3, 0.4) is 0 Å². The second-order valence-corrected chi connectivity index (χ2v) is 7.80. The molecule has 1 atom stereocenters. The van der Waals surface area contributed by atoms with Crippen molar-refractivity contribution in [3.05, 3.63) is 65.9 Å². The minimum atomic E-state index is -0.433. The molecule has 6 nitrogen and oxygen atoms in total. The van der Waals surface area contributed by atoms with E-state index in [4.69, 9.17) is 5.73 Å². The number of aryl methyl sites for hydroxylation is 2. The molecule has 2 heterocycles. The number of fused-ring (bicyclic) bond motifs is 1. The molecule has 3 N–H and O–H groups in total. The highest BCUT2D eigenvalue weighted by Crippen LogP contribution is 2.25. The molecule has 0 radical (unpaired) electrons. The van der Waals surface area contributed by atoms with Gasteiger partial charge in [-0.15, -0.1) is 0 Å². The van der Waals surface area contributed by atoms with Crippen LogP contribution in [0.1, 0.15) is 30.5 Å². The number of anilines is 2. The van der Waals surface area contributed by atoms with E-state index in [1.807, 2.05) is 61.5 Å². The van der Waals surface area contributed by atoms with Gasteiger partial charge in [-0.05, 0) is 56.0 Å². The lowest BCUT2D eigenvalue weighted by atomic mass is 10.1. The number of carbonyl (C=O) groups is 2. The number of amides is 2. The predicted octanol–water partition coefficient (Wildman–Crippen LogP) is 3.69. The number of hydrogen-bond acceptors (Lipinski definition) is 4. The molecule has 0 saturated carbocycles. The number of carbonyl (C=O) groups excluding carboxylic acids is 2. The first kappa shape index (κ1) is 19.9. The van der Waals surface area contributed by atoms with Crippen molar-refractivity contribution in [2.75, 3.05) is 17.6 Å². The maximum atomic E-state index is 12.9. The monoisotopic (exact) mass is 402 g/mol. The van der Waals surface area contributed by atoms with Gasteiger partial charge >= 0.3 is 0 Å². The van der Waals surface area contributed by atoms with Gasteiger partial charge in [0.15, 0.2) is 0 Å². The molecule has 1 aromatic heterocycles. The van der Waals surface area contributed by atoms with Crippen LogP contribution in [0.15, 0.2) is 54.6 Å². The predicted molar refractivity (Wildman–Crippen MR) is 119 cm³/mol. The summed E-state index contributed by atoms with van der Waals surface area (Å²) < 4.78 is 0. The van der Waals surface area contributed by atoms with Gasteiger partial charge < -0.3 is 16.0 Å². The van der Waals surface area contributed by atoms with Crippen molar-refractivity contribution in [3.8, 4) is 0 Å². The molecule has 0 unspecified atom stereocenters. The molecule has 1 aliphatic rings. The lowest BCUT2D eigenvalue weighted by Gasteiger charge is -2.24. The van der Waals surface area contributed by atoms with Crippen molar-refractivity contribution in [1.29, 1.82) is 0 Å². The van der Waals surface area contributed by atoms with E-state index in [9.17, 15) is 9.59 Å². The standard InChI is InChI=1S/C24H26N4O2/c1-16-14-20(25)19-15-18(10-11-21(19)26-16)27-24(30)22-8-5-13-28(22)23(29)12-9-17-6-3-2-4-7-17/h2-4,6-7,10-11,14-15,22H,5,8-9,12-13H2,1H3,(H2,25,26)(H,27,30)/t22-/m0/s1. The molecule has 1 saturated heterocycles. The zero-order chi connectivity index (χ0) is 21.1. The Balaban J connectivity index is 1.43. The Bertz CT molecular complexity index is 1080. The lowest BCUT2D eigenvalue weighted by Crippen LogP contribution is -2.43. The molecule has 6 heteroatoms. The number of likely N-dealkylation sites (tertiary alicyclic amines) is 1. The van der Waals surface area contributed by atoms with E-state index < -0.39 is 6.04 Å². The Morgan fingerprint density at radius 1 is 1.17 bits per heavy atom. The lowest BCUT2D eigenvalue weighted by molar-refractivity contribution is -0.136. The summed E-state index contributed by atoms with van der Waals surface area (Å²) in [6.45, 7) is 2.52. The summed E-state index contributed by atoms with van der Waals surface area (Å²) in [6.07, 6.45) is 2.61. The summed E-state index contributed by atoms with van der Waals surface area (Å²) in [5.74, 6) is -0.127. The van der Waals surface area contributed by atoms with Gasteiger partial charge in [0.05, 0.1) is 5.52 Å². The van der Waals surface area contributed by atoms with Crippen LogP contribution in [0.5, 0.6) is 0 Å². The highest BCUT2D eigenvalue weighted by Gasteiger charge is 2.33. The Morgan fingerprint density at radius 2 is 1.97 bits per heavy atom. The number of hydrogen-bond donors (Lipinski definition) is 2. The van der Waals surface area contributed by atoms with Crippen LogP contribution in [0.2, 0.25) is 0 Å². The number of nitrogens with two attached hydrogens (primary N) is 1. The first-order chi connectivity index (χ1) is 14.5. The van der Waals surface area contributed by atoms with Gasteiger partial charge in [0.2, 0.25) is 11.8 Å². The van der Waals surface area contributed by atoms with Crippen molar-refractivity contribution >= 4 is 34.1 Å². The van der Waals surface area contributed by atoms with Crippen LogP contribution in [-0.4, -0.2) is 34.3 Å². The van der Waals surface area contributed by atoms with Crippen molar-refractivity contribution in [2.45, 2.75) is 38.6 Å². The van der Waals surface area contributed by atoms with Gasteiger partial charge in [-0.1, -0.05) is 30.3 Å². The summed E-state index contributed by atoms with van der Waals surface area (Å²) in [5, 5.41) is 3.77. The van der Waals surface area contributed by atoms with E-state index in [1.54, 1.807) is 4.90 Å². The summed E-state index contributed by atoms with van der Waals surface area (Å²) in [5.41, 5.74) is 10.2. The zero-order valence-electron chi connectivity index (χ0n) is 17.1. The molecule has 1 fully saturated rings. The molecule has 1 aliphatic heterocycles. The number of rotatable bonds is 5. The molecular formula is C24H26N4O2. The molecule has 30 heavy (non-hydrogen) atoms. The average Bonchev–Trinajstić information content (AvgIpc) is 3.23. The summed E-state index contributed by atoms with van der Waals surface area (Å²) in [7, 11) is 0. The SMILES string of the molecule is Cc1cc(N)c2cc(NC(=O)[C@@H]3CCCN3C(=O)CCc3ccccc3)ccc2n1. The Labute approximate surface area is 176 Å². The summed E-state index contributed by atoms with van der Waals surface area (Å²) >= 11 is 0. The number of aromatic nitrogens is 1. The van der Waals surface area contributed by atoms with Crippen molar-refractivity contribution in [1.82, 2.24) is 9.88 Å². The molecule has 0 spiro atoms. The third kappa shape index (κ3) is 4.27. The molecule has 154 valence electrons. The van der Waals surface area contributed by atoms with Gasteiger partial charge in [0.1, 0.15) is 6.04 Å². The topological polar surface area (TPSA) is 88.3 Å². The van der Waals surface area contributed by atoms with E-state index in [1.165, 1.54) is 0 Å². The summed E-state index contributed by atoms with van der Waals surface area (Å²) in [4.78, 5) is 31.9. The number of pyridine rings is 1. The minimum absolute atomic E-state index is 0.0268. The number of benzene rings is 2. The number of nitrogens with one attached hydrogen (secondary N) is 1. The van der Waals surface area contributed by atoms with Gasteiger partial charge in [0, 0.05) is 35.4 Å². The van der Waals surface area contributed by atoms with Crippen LogP contribution in [0, 0.1) is 6.92 Å². The Morgan fingerprint density at radius 3 is 2.77 bits per heavy atom. The van der Waals surface area contributed by atoms with Crippen LogP contribution in [0.4, 0.5) is 11.4 Å². The quantitative estimate of drug-likeness (QED) is 0.681. The third-order valence-electron chi connectivity index (χ3n) is 5.58. The Kier molecular flexibility index (Phi) is 5.65. The van der Waals surface area contributed by atoms with E-state index >= 15 is 0 Å². The largest absolute Gasteiger partial charge is 0.398 e. The second kappa shape index (κ2) is 8.53. The van der Waals surface area contributed by atoms with Gasteiger partial charge in [0.25, 0.3) is 0 Å². The van der Waals surface area contributed by atoms with E-state index in [0.29, 0.717) is 37.2 Å². The third-order valence-corrected chi connectivity index (χ3v) is 5.58. The Hall–Kier alpha value is -3.41. The fraction of sp³-hybridized carbons (Fsp3) is 0.292. The molecule has 0 bridgehead atoms. The van der Waals surface area contributed by atoms with Crippen LogP contribution in [-0.2, 0) is 16.0 Å². The van der Waals surface area contributed by atoms with Crippen LogP contribution >= 0.6 is 0 Å². The highest BCUT2D eigenvalue weighted by atomic mass is 16.2. The normalized spacial score (nSPS) is 16.0. The first-order valence-corrected chi connectivity index (χ1v) is 10.3. The number of nitrogen functional groups attached to an aromatic ring is 1. The zero-order valence-corrected chi connectivity index (χ0v) is 17.1. The van der Waals surface area contributed by atoms with Crippen LogP contribution < -0.4 is 11.1 Å². The number of nitrogens with zero attached hydrogens (tertiary/aromatic N) is 2. The maximum absolute atomic E-state index is 12.9. The van der Waals surface area contributed by atoms with Gasteiger partial charge in [-0.2, -0.15) is 0 Å². The minimum Gasteiger partial charge on any atom is -0.398 e. The van der Waals surface area contributed by atoms with Crippen LogP contribution in [0.25, 0.3) is 10.9 Å². The molecule has 2 amide bonds. The van der Waals surface area contributed by atoms with Crippen molar-refractivity contribution in [2.24, 2.45) is 0 Å². The molecule has 0 aliphatic carbocycles. The second-order valence-electron chi connectivity index (χ2n) is 7.80. The van der Waals surface area contributed by atoms with E-state index in [2.05, 4.69) is 10.3 Å². The maximum Gasteiger partial charge on any atom is 0.247 e. The molecule has 4 rings (SSSR count).